The molecule has 0 fully saturated rings. The number of nitrogens with one attached hydrogen (secondary N) is 3. The van der Waals surface area contributed by atoms with Crippen LogP contribution in [-0.4, -0.2) is 21.2 Å². The number of anilines is 1. The fraction of sp³-hybridized carbons (Fsp3) is 0.235. The Hall–Kier alpha value is -2.67. The molecule has 6 nitrogen and oxygen atoms in total. The van der Waals surface area contributed by atoms with E-state index in [2.05, 4.69) is 25.8 Å². The standard InChI is InChI=1S/C17H19N5OS/c1-3-17(2,15-18-10-11-24-15)21-16(23)20-13-6-4-12(5-7-13)14-8-9-19-22-14/h4-11H,3H2,1-2H3,(H,19,22)(H2,20,21,23). The van der Waals surface area contributed by atoms with Crippen LogP contribution in [0.15, 0.2) is 48.1 Å². The number of H-pyrrole nitrogens is 1. The molecule has 7 heteroatoms. The molecule has 1 unspecified atom stereocenters. The summed E-state index contributed by atoms with van der Waals surface area (Å²) < 4.78 is 0. The lowest BCUT2D eigenvalue weighted by Crippen LogP contribution is -2.45. The van der Waals surface area contributed by atoms with Gasteiger partial charge in [-0.15, -0.1) is 11.3 Å². The van der Waals surface area contributed by atoms with Crippen LogP contribution in [0, 0.1) is 0 Å². The van der Waals surface area contributed by atoms with Crippen LogP contribution in [0.3, 0.4) is 0 Å². The summed E-state index contributed by atoms with van der Waals surface area (Å²) in [6.45, 7) is 4.01. The lowest BCUT2D eigenvalue weighted by Gasteiger charge is -2.27. The van der Waals surface area contributed by atoms with Crippen LogP contribution < -0.4 is 10.6 Å². The predicted molar refractivity (Wildman–Crippen MR) is 95.9 cm³/mol. The van der Waals surface area contributed by atoms with Crippen molar-refractivity contribution in [2.24, 2.45) is 0 Å². The highest BCUT2D eigenvalue weighted by atomic mass is 32.1. The molecular formula is C17H19N5OS. The summed E-state index contributed by atoms with van der Waals surface area (Å²) in [5, 5.41) is 15.5. The van der Waals surface area contributed by atoms with Crippen molar-refractivity contribution in [1.82, 2.24) is 20.5 Å². The van der Waals surface area contributed by atoms with Crippen LogP contribution in [0.1, 0.15) is 25.3 Å². The van der Waals surface area contributed by atoms with Gasteiger partial charge in [-0.05, 0) is 37.1 Å². The molecule has 0 spiro atoms. The van der Waals surface area contributed by atoms with Crippen LogP contribution in [0.25, 0.3) is 11.3 Å². The molecule has 3 N–H and O–H groups in total. The van der Waals surface area contributed by atoms with Gasteiger partial charge in [0.05, 0.1) is 11.2 Å². The zero-order chi connectivity index (χ0) is 17.0. The third kappa shape index (κ3) is 3.46. The number of urea groups is 1. The van der Waals surface area contributed by atoms with Crippen LogP contribution in [0.4, 0.5) is 10.5 Å². The monoisotopic (exact) mass is 341 g/mol. The zero-order valence-corrected chi connectivity index (χ0v) is 14.4. The molecule has 0 aliphatic carbocycles. The summed E-state index contributed by atoms with van der Waals surface area (Å²) in [7, 11) is 0. The summed E-state index contributed by atoms with van der Waals surface area (Å²) in [6.07, 6.45) is 4.22. The van der Waals surface area contributed by atoms with Gasteiger partial charge in [-0.2, -0.15) is 5.10 Å². The highest BCUT2D eigenvalue weighted by molar-refractivity contribution is 7.09. The van der Waals surface area contributed by atoms with Gasteiger partial charge in [0.25, 0.3) is 0 Å². The quantitative estimate of drug-likeness (QED) is 0.656. The molecule has 3 aromatic rings. The van der Waals surface area contributed by atoms with Crippen LogP contribution in [-0.2, 0) is 5.54 Å². The van der Waals surface area contributed by atoms with Crippen molar-refractivity contribution in [3.8, 4) is 11.3 Å². The number of hydrogen-bond acceptors (Lipinski definition) is 4. The van der Waals surface area contributed by atoms with Gasteiger partial charge in [0.2, 0.25) is 0 Å². The summed E-state index contributed by atoms with van der Waals surface area (Å²) in [6, 6.07) is 9.25. The normalized spacial score (nSPS) is 13.2. The predicted octanol–water partition coefficient (Wildman–Crippen LogP) is 3.98. The second-order valence-electron chi connectivity index (χ2n) is 5.65. The molecule has 0 saturated heterocycles. The minimum atomic E-state index is -0.478. The first-order valence-corrected chi connectivity index (χ1v) is 8.57. The van der Waals surface area contributed by atoms with Crippen molar-refractivity contribution in [2.75, 3.05) is 5.32 Å². The molecule has 2 heterocycles. The van der Waals surface area contributed by atoms with E-state index >= 15 is 0 Å². The van der Waals surface area contributed by atoms with E-state index in [9.17, 15) is 4.79 Å². The fourth-order valence-electron chi connectivity index (χ4n) is 2.35. The lowest BCUT2D eigenvalue weighted by molar-refractivity contribution is 0.238. The second-order valence-corrected chi connectivity index (χ2v) is 6.54. The molecular weight excluding hydrogens is 322 g/mol. The molecule has 24 heavy (non-hydrogen) atoms. The number of hydrogen-bond donors (Lipinski definition) is 3. The minimum absolute atomic E-state index is 0.246. The van der Waals surface area contributed by atoms with E-state index < -0.39 is 5.54 Å². The Bertz CT molecular complexity index is 783. The van der Waals surface area contributed by atoms with E-state index in [0.29, 0.717) is 0 Å². The van der Waals surface area contributed by atoms with Crippen molar-refractivity contribution < 1.29 is 4.79 Å². The van der Waals surface area contributed by atoms with Gasteiger partial charge in [0.15, 0.2) is 0 Å². The maximum Gasteiger partial charge on any atom is 0.320 e. The fourth-order valence-corrected chi connectivity index (χ4v) is 3.18. The maximum atomic E-state index is 12.3. The smallest absolute Gasteiger partial charge is 0.320 e. The number of carbonyl (C=O) groups is 1. The van der Waals surface area contributed by atoms with Crippen molar-refractivity contribution >= 4 is 23.1 Å². The largest absolute Gasteiger partial charge is 0.326 e. The molecule has 0 bridgehead atoms. The van der Waals surface area contributed by atoms with Crippen LogP contribution in [0.5, 0.6) is 0 Å². The third-order valence-electron chi connectivity index (χ3n) is 3.96. The Balaban J connectivity index is 1.66. The molecule has 1 aromatic carbocycles. The summed E-state index contributed by atoms with van der Waals surface area (Å²) in [5.74, 6) is 0. The van der Waals surface area contributed by atoms with Gasteiger partial charge >= 0.3 is 6.03 Å². The highest BCUT2D eigenvalue weighted by Gasteiger charge is 2.29. The van der Waals surface area contributed by atoms with Crippen molar-refractivity contribution in [1.29, 1.82) is 0 Å². The Morgan fingerprint density at radius 3 is 2.62 bits per heavy atom. The molecule has 1 atom stereocenters. The molecule has 0 aliphatic heterocycles. The highest BCUT2D eigenvalue weighted by Crippen LogP contribution is 2.26. The Kier molecular flexibility index (Phi) is 4.61. The summed E-state index contributed by atoms with van der Waals surface area (Å²) >= 11 is 1.54. The first-order chi connectivity index (χ1) is 11.6. The van der Waals surface area contributed by atoms with Crippen molar-refractivity contribution in [3.63, 3.8) is 0 Å². The van der Waals surface area contributed by atoms with Gasteiger partial charge in [-0.3, -0.25) is 5.10 Å². The first kappa shape index (κ1) is 16.2. The van der Waals surface area contributed by atoms with Gasteiger partial charge in [-0.25, -0.2) is 9.78 Å². The van der Waals surface area contributed by atoms with Gasteiger partial charge in [0.1, 0.15) is 5.01 Å². The number of nitrogens with zero attached hydrogens (tertiary/aromatic N) is 2. The number of aromatic nitrogens is 3. The van der Waals surface area contributed by atoms with Crippen LogP contribution >= 0.6 is 11.3 Å². The van der Waals surface area contributed by atoms with E-state index in [1.54, 1.807) is 23.7 Å². The van der Waals surface area contributed by atoms with E-state index in [0.717, 1.165) is 28.4 Å². The average Bonchev–Trinajstić information content (AvgIpc) is 3.29. The third-order valence-corrected chi connectivity index (χ3v) is 4.99. The first-order valence-electron chi connectivity index (χ1n) is 7.69. The number of rotatable bonds is 5. The number of benzene rings is 1. The van der Waals surface area contributed by atoms with E-state index in [-0.39, 0.29) is 6.03 Å². The Morgan fingerprint density at radius 1 is 1.25 bits per heavy atom. The molecule has 3 rings (SSSR count). The van der Waals surface area contributed by atoms with E-state index in [4.69, 9.17) is 0 Å². The number of carbonyl (C=O) groups excluding carboxylic acids is 1. The van der Waals surface area contributed by atoms with Gasteiger partial charge < -0.3 is 10.6 Å². The molecule has 124 valence electrons. The van der Waals surface area contributed by atoms with Crippen molar-refractivity contribution in [2.45, 2.75) is 25.8 Å². The molecule has 2 amide bonds. The number of amides is 2. The molecule has 0 saturated carbocycles. The summed E-state index contributed by atoms with van der Waals surface area (Å²) in [5.41, 5.74) is 2.20. The van der Waals surface area contributed by atoms with E-state index in [1.165, 1.54) is 0 Å². The Labute approximate surface area is 144 Å². The molecule has 0 aliphatic rings. The minimum Gasteiger partial charge on any atom is -0.326 e. The van der Waals surface area contributed by atoms with Gasteiger partial charge in [-0.1, -0.05) is 19.1 Å². The van der Waals surface area contributed by atoms with E-state index in [1.807, 2.05) is 49.6 Å². The zero-order valence-electron chi connectivity index (χ0n) is 13.5. The van der Waals surface area contributed by atoms with Gasteiger partial charge in [0, 0.05) is 23.5 Å². The second kappa shape index (κ2) is 6.84. The summed E-state index contributed by atoms with van der Waals surface area (Å²) in [4.78, 5) is 16.7. The SMILES string of the molecule is CCC(C)(NC(=O)Nc1ccc(-c2ccn[nH]2)cc1)c1nccs1. The molecule has 0 radical (unpaired) electrons. The van der Waals surface area contributed by atoms with Crippen molar-refractivity contribution in [3.05, 3.63) is 53.1 Å². The maximum absolute atomic E-state index is 12.3. The van der Waals surface area contributed by atoms with Crippen LogP contribution in [0.2, 0.25) is 0 Å². The topological polar surface area (TPSA) is 82.7 Å². The lowest BCUT2D eigenvalue weighted by atomic mass is 10.0. The average molecular weight is 341 g/mol. The Morgan fingerprint density at radius 2 is 2.04 bits per heavy atom. The molecule has 2 aromatic heterocycles. The number of aromatic amines is 1. The number of thiazole rings is 1.